The number of thioether (sulfide) groups is 1. The third-order valence-electron chi connectivity index (χ3n) is 2.96. The molecule has 90 valence electrons. The molecule has 0 bridgehead atoms. The number of hydrogen-bond acceptors (Lipinski definition) is 3. The van der Waals surface area contributed by atoms with Gasteiger partial charge >= 0.3 is 0 Å². The van der Waals surface area contributed by atoms with Crippen molar-refractivity contribution in [1.29, 1.82) is 0 Å². The minimum absolute atomic E-state index is 0.573. The molecule has 16 heavy (non-hydrogen) atoms. The van der Waals surface area contributed by atoms with Crippen LogP contribution in [0, 0.1) is 5.92 Å². The van der Waals surface area contributed by atoms with Crippen molar-refractivity contribution in [3.05, 3.63) is 22.4 Å². The molecule has 2 atom stereocenters. The molecule has 1 fully saturated rings. The van der Waals surface area contributed by atoms with Gasteiger partial charge in [0, 0.05) is 22.7 Å². The van der Waals surface area contributed by atoms with Crippen molar-refractivity contribution < 1.29 is 0 Å². The van der Waals surface area contributed by atoms with Crippen LogP contribution in [-0.2, 0) is 0 Å². The lowest BCUT2D eigenvalue weighted by Crippen LogP contribution is -2.33. The summed E-state index contributed by atoms with van der Waals surface area (Å²) in [6.07, 6.45) is 2.59. The van der Waals surface area contributed by atoms with Gasteiger partial charge in [0.2, 0.25) is 0 Å². The lowest BCUT2D eigenvalue weighted by molar-refractivity contribution is 0.396. The number of rotatable bonds is 5. The highest BCUT2D eigenvalue weighted by Crippen LogP contribution is 2.28. The second kappa shape index (κ2) is 6.08. The standard InChI is InChI=1S/C13H21NS2/c1-10(2)8-12(13-4-3-6-16-13)14-11-5-7-15-9-11/h3-4,6,10-12,14H,5,7-9H2,1-2H3. The first-order valence-corrected chi connectivity index (χ1v) is 8.16. The molecule has 0 aromatic carbocycles. The number of nitrogens with one attached hydrogen (secondary N) is 1. The molecule has 1 aliphatic heterocycles. The van der Waals surface area contributed by atoms with E-state index in [4.69, 9.17) is 0 Å². The van der Waals surface area contributed by atoms with E-state index in [1.165, 1.54) is 29.2 Å². The fourth-order valence-electron chi connectivity index (χ4n) is 2.18. The smallest absolute Gasteiger partial charge is 0.0419 e. The van der Waals surface area contributed by atoms with E-state index < -0.39 is 0 Å². The molecular formula is C13H21NS2. The highest BCUT2D eigenvalue weighted by Gasteiger charge is 2.21. The molecule has 1 nitrogen and oxygen atoms in total. The molecule has 1 N–H and O–H groups in total. The molecule has 0 radical (unpaired) electrons. The van der Waals surface area contributed by atoms with E-state index in [2.05, 4.69) is 48.4 Å². The zero-order valence-electron chi connectivity index (χ0n) is 10.1. The lowest BCUT2D eigenvalue weighted by atomic mass is 10.0. The van der Waals surface area contributed by atoms with Crippen molar-refractivity contribution in [1.82, 2.24) is 5.32 Å². The van der Waals surface area contributed by atoms with Crippen molar-refractivity contribution in [3.8, 4) is 0 Å². The van der Waals surface area contributed by atoms with E-state index in [0.29, 0.717) is 6.04 Å². The van der Waals surface area contributed by atoms with Crippen molar-refractivity contribution in [2.24, 2.45) is 5.92 Å². The summed E-state index contributed by atoms with van der Waals surface area (Å²) in [5.74, 6) is 3.38. The molecule has 1 aliphatic rings. The SMILES string of the molecule is CC(C)CC(NC1CCSC1)c1cccs1. The van der Waals surface area contributed by atoms with Crippen LogP contribution in [0.4, 0.5) is 0 Å². The van der Waals surface area contributed by atoms with Crippen LogP contribution in [0.15, 0.2) is 17.5 Å². The van der Waals surface area contributed by atoms with E-state index in [9.17, 15) is 0 Å². The van der Waals surface area contributed by atoms with Gasteiger partial charge in [0.15, 0.2) is 0 Å². The Kier molecular flexibility index (Phi) is 4.74. The first kappa shape index (κ1) is 12.5. The average Bonchev–Trinajstić information content (AvgIpc) is 2.88. The second-order valence-corrected chi connectivity index (χ2v) is 7.05. The minimum atomic E-state index is 0.573. The summed E-state index contributed by atoms with van der Waals surface area (Å²) in [7, 11) is 0. The maximum atomic E-state index is 3.84. The highest BCUT2D eigenvalue weighted by atomic mass is 32.2. The predicted octanol–water partition coefficient (Wildman–Crippen LogP) is 3.93. The highest BCUT2D eigenvalue weighted by molar-refractivity contribution is 7.99. The Morgan fingerprint density at radius 3 is 2.94 bits per heavy atom. The van der Waals surface area contributed by atoms with Crippen LogP contribution in [0.1, 0.15) is 37.6 Å². The van der Waals surface area contributed by atoms with E-state index in [1.807, 2.05) is 11.3 Å². The number of hydrogen-bond donors (Lipinski definition) is 1. The third kappa shape index (κ3) is 3.51. The van der Waals surface area contributed by atoms with E-state index in [1.54, 1.807) is 0 Å². The van der Waals surface area contributed by atoms with Gasteiger partial charge in [0.25, 0.3) is 0 Å². The van der Waals surface area contributed by atoms with Crippen molar-refractivity contribution in [2.45, 2.75) is 38.8 Å². The van der Waals surface area contributed by atoms with Crippen LogP contribution in [0.2, 0.25) is 0 Å². The molecule has 0 aliphatic carbocycles. The van der Waals surface area contributed by atoms with Crippen molar-refractivity contribution in [3.63, 3.8) is 0 Å². The Labute approximate surface area is 107 Å². The van der Waals surface area contributed by atoms with E-state index in [0.717, 1.165) is 12.0 Å². The van der Waals surface area contributed by atoms with Crippen molar-refractivity contribution >= 4 is 23.1 Å². The van der Waals surface area contributed by atoms with Crippen LogP contribution in [0.25, 0.3) is 0 Å². The van der Waals surface area contributed by atoms with Gasteiger partial charge < -0.3 is 5.32 Å². The summed E-state index contributed by atoms with van der Waals surface area (Å²) < 4.78 is 0. The van der Waals surface area contributed by atoms with Gasteiger partial charge in [-0.05, 0) is 36.0 Å². The molecule has 2 rings (SSSR count). The zero-order valence-corrected chi connectivity index (χ0v) is 11.7. The van der Waals surface area contributed by atoms with Crippen molar-refractivity contribution in [2.75, 3.05) is 11.5 Å². The van der Waals surface area contributed by atoms with Gasteiger partial charge in [-0.3, -0.25) is 0 Å². The molecule has 2 heterocycles. The van der Waals surface area contributed by atoms with Gasteiger partial charge in [0.05, 0.1) is 0 Å². The van der Waals surface area contributed by atoms with Gasteiger partial charge in [-0.15, -0.1) is 11.3 Å². The maximum Gasteiger partial charge on any atom is 0.0419 e. The molecule has 0 amide bonds. The second-order valence-electron chi connectivity index (χ2n) is 4.92. The summed E-state index contributed by atoms with van der Waals surface area (Å²) in [5.41, 5.74) is 0. The summed E-state index contributed by atoms with van der Waals surface area (Å²) in [5, 5.41) is 6.03. The van der Waals surface area contributed by atoms with Gasteiger partial charge in [0.1, 0.15) is 0 Å². The summed E-state index contributed by atoms with van der Waals surface area (Å²) >= 11 is 3.97. The normalized spacial score (nSPS) is 22.8. The minimum Gasteiger partial charge on any atom is -0.306 e. The Hall–Kier alpha value is 0.01000. The monoisotopic (exact) mass is 255 g/mol. The number of thiophene rings is 1. The fraction of sp³-hybridized carbons (Fsp3) is 0.692. The first-order chi connectivity index (χ1) is 7.75. The molecule has 0 saturated carbocycles. The zero-order chi connectivity index (χ0) is 11.4. The molecule has 2 unspecified atom stereocenters. The van der Waals surface area contributed by atoms with Crippen LogP contribution in [0.3, 0.4) is 0 Å². The molecule has 3 heteroatoms. The predicted molar refractivity (Wildman–Crippen MR) is 75.4 cm³/mol. The largest absolute Gasteiger partial charge is 0.306 e. The molecule has 1 saturated heterocycles. The summed E-state index contributed by atoms with van der Waals surface area (Å²) in [6.45, 7) is 4.62. The molecule has 0 spiro atoms. The average molecular weight is 255 g/mol. The Morgan fingerprint density at radius 1 is 1.50 bits per heavy atom. The van der Waals surface area contributed by atoms with E-state index >= 15 is 0 Å². The van der Waals surface area contributed by atoms with Crippen LogP contribution in [-0.4, -0.2) is 17.5 Å². The molecule has 1 aromatic rings. The fourth-order valence-corrected chi connectivity index (χ4v) is 4.14. The Balaban J connectivity index is 1.96. The Morgan fingerprint density at radius 2 is 2.38 bits per heavy atom. The molecule has 1 aromatic heterocycles. The van der Waals surface area contributed by atoms with Gasteiger partial charge in [-0.25, -0.2) is 0 Å². The van der Waals surface area contributed by atoms with Gasteiger partial charge in [-0.1, -0.05) is 19.9 Å². The third-order valence-corrected chi connectivity index (χ3v) is 5.11. The quantitative estimate of drug-likeness (QED) is 0.855. The van der Waals surface area contributed by atoms with Crippen LogP contribution >= 0.6 is 23.1 Å². The first-order valence-electron chi connectivity index (χ1n) is 6.13. The van der Waals surface area contributed by atoms with E-state index in [-0.39, 0.29) is 0 Å². The van der Waals surface area contributed by atoms with Crippen LogP contribution < -0.4 is 5.32 Å². The van der Waals surface area contributed by atoms with Crippen LogP contribution in [0.5, 0.6) is 0 Å². The summed E-state index contributed by atoms with van der Waals surface area (Å²) in [4.78, 5) is 1.51. The Bertz CT molecular complexity index is 289. The van der Waals surface area contributed by atoms with Gasteiger partial charge in [-0.2, -0.15) is 11.8 Å². The maximum absolute atomic E-state index is 3.84. The molecular weight excluding hydrogens is 234 g/mol. The lowest BCUT2D eigenvalue weighted by Gasteiger charge is -2.23. The topological polar surface area (TPSA) is 12.0 Å². The summed E-state index contributed by atoms with van der Waals surface area (Å²) in [6, 6.07) is 5.74.